The number of nitrogens with two attached hydrogens (primary N) is 1. The van der Waals surface area contributed by atoms with E-state index >= 15 is 0 Å². The summed E-state index contributed by atoms with van der Waals surface area (Å²) in [6, 6.07) is 4.04. The quantitative estimate of drug-likeness (QED) is 0.807. The molecule has 2 N–H and O–H groups in total. The molecular weight excluding hydrogens is 214 g/mol. The Morgan fingerprint density at radius 3 is 2.88 bits per heavy atom. The predicted molar refractivity (Wildman–Crippen MR) is 69.5 cm³/mol. The van der Waals surface area contributed by atoms with Crippen LogP contribution in [0.1, 0.15) is 24.0 Å². The van der Waals surface area contributed by atoms with Gasteiger partial charge >= 0.3 is 0 Å². The lowest BCUT2D eigenvalue weighted by Gasteiger charge is -2.12. The van der Waals surface area contributed by atoms with Gasteiger partial charge < -0.3 is 14.9 Å². The standard InChI is InChI=1S/C14H19NO2/c1-10-9-13-12(6-8-17-13)14(16-2)11(10)5-3-4-7-15/h6,8-9H,3-5,7,15H2,1-2H3. The molecule has 17 heavy (non-hydrogen) atoms. The minimum absolute atomic E-state index is 0.745. The van der Waals surface area contributed by atoms with Crippen molar-refractivity contribution >= 4 is 11.0 Å². The number of ether oxygens (including phenoxy) is 1. The van der Waals surface area contributed by atoms with E-state index in [0.717, 1.165) is 42.5 Å². The zero-order valence-corrected chi connectivity index (χ0v) is 10.5. The highest BCUT2D eigenvalue weighted by Gasteiger charge is 2.13. The van der Waals surface area contributed by atoms with Crippen molar-refractivity contribution in [1.29, 1.82) is 0 Å². The number of furan rings is 1. The molecule has 0 atom stereocenters. The number of methoxy groups -OCH3 is 1. The molecule has 1 aromatic carbocycles. The minimum atomic E-state index is 0.745. The molecule has 92 valence electrons. The summed E-state index contributed by atoms with van der Waals surface area (Å²) in [7, 11) is 1.72. The second kappa shape index (κ2) is 5.23. The van der Waals surface area contributed by atoms with Crippen LogP contribution < -0.4 is 10.5 Å². The van der Waals surface area contributed by atoms with Crippen LogP contribution in [0.4, 0.5) is 0 Å². The van der Waals surface area contributed by atoms with E-state index in [4.69, 9.17) is 14.9 Å². The lowest BCUT2D eigenvalue weighted by molar-refractivity contribution is 0.413. The smallest absolute Gasteiger partial charge is 0.137 e. The first-order valence-corrected chi connectivity index (χ1v) is 6.01. The van der Waals surface area contributed by atoms with Gasteiger partial charge in [-0.3, -0.25) is 0 Å². The molecule has 0 aliphatic carbocycles. The third kappa shape index (κ3) is 2.29. The number of hydrogen-bond donors (Lipinski definition) is 1. The fraction of sp³-hybridized carbons (Fsp3) is 0.429. The minimum Gasteiger partial charge on any atom is -0.496 e. The van der Waals surface area contributed by atoms with Gasteiger partial charge in [0.15, 0.2) is 0 Å². The van der Waals surface area contributed by atoms with Gasteiger partial charge in [0.2, 0.25) is 0 Å². The Morgan fingerprint density at radius 2 is 2.18 bits per heavy atom. The van der Waals surface area contributed by atoms with E-state index < -0.39 is 0 Å². The van der Waals surface area contributed by atoms with Gasteiger partial charge in [0.05, 0.1) is 18.8 Å². The molecule has 0 saturated carbocycles. The third-order valence-corrected chi connectivity index (χ3v) is 3.12. The summed E-state index contributed by atoms with van der Waals surface area (Å²) >= 11 is 0. The highest BCUT2D eigenvalue weighted by molar-refractivity contribution is 5.86. The van der Waals surface area contributed by atoms with Gasteiger partial charge in [-0.15, -0.1) is 0 Å². The fourth-order valence-electron chi connectivity index (χ4n) is 2.24. The normalized spacial score (nSPS) is 11.0. The Bertz CT molecular complexity index is 502. The number of rotatable bonds is 5. The van der Waals surface area contributed by atoms with Gasteiger partial charge in [-0.25, -0.2) is 0 Å². The van der Waals surface area contributed by atoms with Crippen LogP contribution in [-0.2, 0) is 6.42 Å². The predicted octanol–water partition coefficient (Wildman–Crippen LogP) is 3.03. The summed E-state index contributed by atoms with van der Waals surface area (Å²) in [6.45, 7) is 2.84. The highest BCUT2D eigenvalue weighted by atomic mass is 16.5. The molecule has 0 aliphatic rings. The molecule has 0 unspecified atom stereocenters. The summed E-state index contributed by atoms with van der Waals surface area (Å²) in [5, 5.41) is 1.06. The molecule has 3 heteroatoms. The molecule has 0 amide bonds. The molecule has 1 heterocycles. The first-order chi connectivity index (χ1) is 8.27. The fourth-order valence-corrected chi connectivity index (χ4v) is 2.24. The van der Waals surface area contributed by atoms with Crippen molar-refractivity contribution in [2.24, 2.45) is 5.73 Å². The SMILES string of the molecule is COc1c(CCCCN)c(C)cc2occc12. The monoisotopic (exact) mass is 233 g/mol. The van der Waals surface area contributed by atoms with E-state index in [9.17, 15) is 0 Å². The van der Waals surface area contributed by atoms with E-state index in [2.05, 4.69) is 13.0 Å². The van der Waals surface area contributed by atoms with Crippen molar-refractivity contribution in [3.63, 3.8) is 0 Å². The van der Waals surface area contributed by atoms with Gasteiger partial charge in [0.1, 0.15) is 11.3 Å². The van der Waals surface area contributed by atoms with Crippen LogP contribution in [0.3, 0.4) is 0 Å². The molecule has 0 radical (unpaired) electrons. The molecule has 2 aromatic rings. The van der Waals surface area contributed by atoms with E-state index in [1.165, 1.54) is 11.1 Å². The van der Waals surface area contributed by atoms with Gasteiger partial charge in [-0.05, 0) is 56.0 Å². The molecular formula is C14H19NO2. The summed E-state index contributed by atoms with van der Waals surface area (Å²) < 4.78 is 11.0. The number of fused-ring (bicyclic) bond motifs is 1. The number of unbranched alkanes of at least 4 members (excludes halogenated alkanes) is 1. The van der Waals surface area contributed by atoms with E-state index in [1.54, 1.807) is 13.4 Å². The van der Waals surface area contributed by atoms with E-state index in [1.807, 2.05) is 6.07 Å². The zero-order valence-electron chi connectivity index (χ0n) is 10.5. The van der Waals surface area contributed by atoms with Gasteiger partial charge in [-0.2, -0.15) is 0 Å². The van der Waals surface area contributed by atoms with Crippen molar-refractivity contribution in [3.8, 4) is 5.75 Å². The lowest BCUT2D eigenvalue weighted by Crippen LogP contribution is -2.01. The van der Waals surface area contributed by atoms with Crippen LogP contribution in [0.2, 0.25) is 0 Å². The Morgan fingerprint density at radius 1 is 1.35 bits per heavy atom. The van der Waals surface area contributed by atoms with Crippen LogP contribution in [0.5, 0.6) is 5.75 Å². The maximum atomic E-state index is 5.54. The molecule has 2 rings (SSSR count). The highest BCUT2D eigenvalue weighted by Crippen LogP contribution is 2.34. The largest absolute Gasteiger partial charge is 0.496 e. The molecule has 0 spiro atoms. The molecule has 3 nitrogen and oxygen atoms in total. The Labute approximate surface area is 102 Å². The van der Waals surface area contributed by atoms with Crippen molar-refractivity contribution in [1.82, 2.24) is 0 Å². The zero-order chi connectivity index (χ0) is 12.3. The first kappa shape index (κ1) is 12.0. The topological polar surface area (TPSA) is 48.4 Å². The van der Waals surface area contributed by atoms with Gasteiger partial charge in [-0.1, -0.05) is 0 Å². The van der Waals surface area contributed by atoms with Crippen molar-refractivity contribution in [2.45, 2.75) is 26.2 Å². The third-order valence-electron chi connectivity index (χ3n) is 3.12. The number of benzene rings is 1. The summed E-state index contributed by atoms with van der Waals surface area (Å²) in [5.74, 6) is 0.950. The molecule has 0 fully saturated rings. The van der Waals surface area contributed by atoms with Gasteiger partial charge in [0.25, 0.3) is 0 Å². The molecule has 0 aliphatic heterocycles. The second-order valence-corrected chi connectivity index (χ2v) is 4.28. The second-order valence-electron chi connectivity index (χ2n) is 4.28. The van der Waals surface area contributed by atoms with Crippen molar-refractivity contribution in [3.05, 3.63) is 29.5 Å². The van der Waals surface area contributed by atoms with Gasteiger partial charge in [0, 0.05) is 0 Å². The van der Waals surface area contributed by atoms with Crippen LogP contribution >= 0.6 is 0 Å². The Kier molecular flexibility index (Phi) is 3.69. The van der Waals surface area contributed by atoms with E-state index in [-0.39, 0.29) is 0 Å². The molecule has 1 aromatic heterocycles. The summed E-state index contributed by atoms with van der Waals surface area (Å²) in [6.07, 6.45) is 4.85. The first-order valence-electron chi connectivity index (χ1n) is 6.01. The average Bonchev–Trinajstić information content (AvgIpc) is 2.77. The number of aryl methyl sites for hydroxylation is 1. The average molecular weight is 233 g/mol. The lowest BCUT2D eigenvalue weighted by atomic mass is 9.99. The van der Waals surface area contributed by atoms with Crippen molar-refractivity contribution < 1.29 is 9.15 Å². The number of hydrogen-bond acceptors (Lipinski definition) is 3. The maximum absolute atomic E-state index is 5.54. The van der Waals surface area contributed by atoms with Crippen LogP contribution in [0.25, 0.3) is 11.0 Å². The van der Waals surface area contributed by atoms with Crippen LogP contribution in [0.15, 0.2) is 22.8 Å². The summed E-state index contributed by atoms with van der Waals surface area (Å²) in [4.78, 5) is 0. The molecule has 0 saturated heterocycles. The Hall–Kier alpha value is -1.48. The molecule has 0 bridgehead atoms. The maximum Gasteiger partial charge on any atom is 0.137 e. The summed E-state index contributed by atoms with van der Waals surface area (Å²) in [5.41, 5.74) is 8.92. The Balaban J connectivity index is 2.40. The van der Waals surface area contributed by atoms with Crippen molar-refractivity contribution in [2.75, 3.05) is 13.7 Å². The van der Waals surface area contributed by atoms with E-state index in [0.29, 0.717) is 0 Å². The van der Waals surface area contributed by atoms with Crippen LogP contribution in [-0.4, -0.2) is 13.7 Å². The van der Waals surface area contributed by atoms with Crippen LogP contribution in [0, 0.1) is 6.92 Å².